The first kappa shape index (κ1) is 13.5. The molecule has 0 unspecified atom stereocenters. The molecule has 2 atom stereocenters. The van der Waals surface area contributed by atoms with E-state index in [1.165, 1.54) is 0 Å². The maximum absolute atomic E-state index is 12.2. The number of likely N-dealkylation sites (N-methyl/N-ethyl adjacent to an activating group) is 1. The van der Waals surface area contributed by atoms with Gasteiger partial charge in [-0.3, -0.25) is 4.79 Å². The van der Waals surface area contributed by atoms with Crippen LogP contribution in [0.4, 0.5) is 0 Å². The zero-order valence-electron chi connectivity index (χ0n) is 10.9. The molecule has 0 radical (unpaired) electrons. The molecule has 1 fully saturated rings. The van der Waals surface area contributed by atoms with Crippen molar-refractivity contribution < 1.29 is 4.79 Å². The van der Waals surface area contributed by atoms with Gasteiger partial charge < -0.3 is 15.5 Å². The average molecular weight is 227 g/mol. The maximum atomic E-state index is 12.2. The van der Waals surface area contributed by atoms with Crippen molar-refractivity contribution in [3.63, 3.8) is 0 Å². The Morgan fingerprint density at radius 2 is 2.12 bits per heavy atom. The largest absolute Gasteiger partial charge is 0.337 e. The molecule has 0 spiro atoms. The number of nitrogens with two attached hydrogens (primary N) is 1. The molecule has 94 valence electrons. The molecule has 0 aromatic heterocycles. The topological polar surface area (TPSA) is 49.6 Å². The van der Waals surface area contributed by atoms with Crippen molar-refractivity contribution in [2.75, 3.05) is 27.2 Å². The van der Waals surface area contributed by atoms with E-state index in [1.54, 1.807) is 0 Å². The van der Waals surface area contributed by atoms with Gasteiger partial charge in [0, 0.05) is 19.1 Å². The van der Waals surface area contributed by atoms with E-state index in [4.69, 9.17) is 5.73 Å². The Morgan fingerprint density at radius 1 is 1.50 bits per heavy atom. The van der Waals surface area contributed by atoms with E-state index in [0.717, 1.165) is 25.9 Å². The van der Waals surface area contributed by atoms with Gasteiger partial charge in [-0.05, 0) is 32.9 Å². The number of rotatable bonds is 4. The fourth-order valence-corrected chi connectivity index (χ4v) is 2.21. The van der Waals surface area contributed by atoms with Gasteiger partial charge in [0.2, 0.25) is 5.91 Å². The van der Waals surface area contributed by atoms with Crippen molar-refractivity contribution in [3.05, 3.63) is 0 Å². The van der Waals surface area contributed by atoms with Crippen LogP contribution in [-0.4, -0.2) is 55.0 Å². The van der Waals surface area contributed by atoms with Gasteiger partial charge >= 0.3 is 0 Å². The summed E-state index contributed by atoms with van der Waals surface area (Å²) in [7, 11) is 4.09. The van der Waals surface area contributed by atoms with Gasteiger partial charge in [0.05, 0.1) is 6.04 Å². The monoisotopic (exact) mass is 227 g/mol. The molecule has 0 aliphatic carbocycles. The lowest BCUT2D eigenvalue weighted by atomic mass is 10.0. The molecule has 0 aromatic rings. The van der Waals surface area contributed by atoms with Crippen LogP contribution in [0.25, 0.3) is 0 Å². The van der Waals surface area contributed by atoms with Gasteiger partial charge in [0.1, 0.15) is 0 Å². The Labute approximate surface area is 98.8 Å². The van der Waals surface area contributed by atoms with E-state index in [0.29, 0.717) is 6.04 Å². The molecule has 0 saturated carbocycles. The van der Waals surface area contributed by atoms with Crippen LogP contribution in [0.1, 0.15) is 26.7 Å². The third-order valence-corrected chi connectivity index (χ3v) is 3.24. The lowest BCUT2D eigenvalue weighted by Crippen LogP contribution is -2.50. The first-order valence-electron chi connectivity index (χ1n) is 6.14. The molecule has 1 saturated heterocycles. The molecule has 2 N–H and O–H groups in total. The number of hydrogen-bond acceptors (Lipinski definition) is 3. The van der Waals surface area contributed by atoms with E-state index in [-0.39, 0.29) is 17.9 Å². The summed E-state index contributed by atoms with van der Waals surface area (Å²) >= 11 is 0. The third-order valence-electron chi connectivity index (χ3n) is 3.24. The van der Waals surface area contributed by atoms with Crippen LogP contribution < -0.4 is 5.73 Å². The van der Waals surface area contributed by atoms with Gasteiger partial charge in [-0.1, -0.05) is 13.8 Å². The highest BCUT2D eigenvalue weighted by Gasteiger charge is 2.32. The Balaban J connectivity index is 2.60. The fourth-order valence-electron chi connectivity index (χ4n) is 2.21. The highest BCUT2D eigenvalue weighted by atomic mass is 16.2. The number of hydrogen-bond donors (Lipinski definition) is 1. The van der Waals surface area contributed by atoms with Gasteiger partial charge in [-0.25, -0.2) is 0 Å². The molecular weight excluding hydrogens is 202 g/mol. The summed E-state index contributed by atoms with van der Waals surface area (Å²) in [5.74, 6) is 0.340. The highest BCUT2D eigenvalue weighted by molar-refractivity contribution is 5.82. The van der Waals surface area contributed by atoms with Gasteiger partial charge in [0.15, 0.2) is 0 Å². The molecule has 0 aromatic carbocycles. The molecule has 1 heterocycles. The Morgan fingerprint density at radius 3 is 2.62 bits per heavy atom. The quantitative estimate of drug-likeness (QED) is 0.762. The molecule has 1 amide bonds. The van der Waals surface area contributed by atoms with E-state index >= 15 is 0 Å². The summed E-state index contributed by atoms with van der Waals surface area (Å²) in [6.45, 7) is 5.81. The third kappa shape index (κ3) is 3.19. The minimum atomic E-state index is -0.345. The van der Waals surface area contributed by atoms with Gasteiger partial charge in [-0.2, -0.15) is 0 Å². The van der Waals surface area contributed by atoms with Crippen LogP contribution in [0, 0.1) is 5.92 Å². The molecule has 4 nitrogen and oxygen atoms in total. The summed E-state index contributed by atoms with van der Waals surface area (Å²) in [6, 6.07) is 0.00932. The van der Waals surface area contributed by atoms with Gasteiger partial charge in [-0.15, -0.1) is 0 Å². The van der Waals surface area contributed by atoms with Crippen LogP contribution in [0.5, 0.6) is 0 Å². The van der Waals surface area contributed by atoms with Crippen LogP contribution >= 0.6 is 0 Å². The van der Waals surface area contributed by atoms with Crippen molar-refractivity contribution in [2.45, 2.75) is 38.8 Å². The van der Waals surface area contributed by atoms with Crippen molar-refractivity contribution >= 4 is 5.91 Å². The predicted molar refractivity (Wildman–Crippen MR) is 66.1 cm³/mol. The zero-order chi connectivity index (χ0) is 12.3. The van der Waals surface area contributed by atoms with E-state index < -0.39 is 0 Å². The van der Waals surface area contributed by atoms with Crippen molar-refractivity contribution in [3.8, 4) is 0 Å². The Kier molecular flexibility index (Phi) is 4.74. The summed E-state index contributed by atoms with van der Waals surface area (Å²) in [6.07, 6.45) is 2.21. The standard InChI is InChI=1S/C12H25N3O/c1-9(2)11(13)12(16)15-7-5-6-10(15)8-14(3)4/h9-11H,5-8,13H2,1-4H3/t10-,11+/m1/s1. The molecule has 1 aliphatic rings. The van der Waals surface area contributed by atoms with Crippen LogP contribution in [0.3, 0.4) is 0 Å². The number of carbonyl (C=O) groups is 1. The smallest absolute Gasteiger partial charge is 0.240 e. The van der Waals surface area contributed by atoms with Crippen LogP contribution in [-0.2, 0) is 4.79 Å². The summed E-state index contributed by atoms with van der Waals surface area (Å²) < 4.78 is 0. The second-order valence-electron chi connectivity index (χ2n) is 5.36. The Bertz CT molecular complexity index is 240. The predicted octanol–water partition coefficient (Wildman–Crippen LogP) is 0.522. The first-order valence-corrected chi connectivity index (χ1v) is 6.14. The molecular formula is C12H25N3O. The van der Waals surface area contributed by atoms with Gasteiger partial charge in [0.25, 0.3) is 0 Å². The molecule has 16 heavy (non-hydrogen) atoms. The Hall–Kier alpha value is -0.610. The zero-order valence-corrected chi connectivity index (χ0v) is 10.9. The number of amides is 1. The van der Waals surface area contributed by atoms with Crippen molar-refractivity contribution in [1.82, 2.24) is 9.80 Å². The van der Waals surface area contributed by atoms with Crippen molar-refractivity contribution in [1.29, 1.82) is 0 Å². The summed E-state index contributed by atoms with van der Waals surface area (Å²) in [5, 5.41) is 0. The molecule has 1 rings (SSSR count). The average Bonchev–Trinajstić information content (AvgIpc) is 2.62. The SMILES string of the molecule is CC(C)[C@H](N)C(=O)N1CCC[C@@H]1CN(C)C. The lowest BCUT2D eigenvalue weighted by Gasteiger charge is -2.30. The lowest BCUT2D eigenvalue weighted by molar-refractivity contribution is -0.134. The van der Waals surface area contributed by atoms with E-state index in [1.807, 2.05) is 32.8 Å². The summed E-state index contributed by atoms with van der Waals surface area (Å²) in [4.78, 5) is 16.3. The molecule has 0 bridgehead atoms. The normalized spacial score (nSPS) is 23.2. The second-order valence-corrected chi connectivity index (χ2v) is 5.36. The molecule has 4 heteroatoms. The van der Waals surface area contributed by atoms with Crippen LogP contribution in [0.2, 0.25) is 0 Å². The fraction of sp³-hybridized carbons (Fsp3) is 0.917. The number of likely N-dealkylation sites (tertiary alicyclic amines) is 1. The number of nitrogens with zero attached hydrogens (tertiary/aromatic N) is 2. The molecule has 1 aliphatic heterocycles. The number of carbonyl (C=O) groups excluding carboxylic acids is 1. The second kappa shape index (κ2) is 5.64. The van der Waals surface area contributed by atoms with E-state index in [9.17, 15) is 4.79 Å². The minimum absolute atomic E-state index is 0.124. The van der Waals surface area contributed by atoms with Crippen LogP contribution in [0.15, 0.2) is 0 Å². The minimum Gasteiger partial charge on any atom is -0.337 e. The van der Waals surface area contributed by atoms with Crippen molar-refractivity contribution in [2.24, 2.45) is 11.7 Å². The highest BCUT2D eigenvalue weighted by Crippen LogP contribution is 2.19. The summed E-state index contributed by atoms with van der Waals surface area (Å²) in [5.41, 5.74) is 5.93. The first-order chi connectivity index (χ1) is 7.43. The van der Waals surface area contributed by atoms with E-state index in [2.05, 4.69) is 4.90 Å². The maximum Gasteiger partial charge on any atom is 0.240 e.